The molecule has 0 aliphatic heterocycles. The Morgan fingerprint density at radius 3 is 2.37 bits per heavy atom. The molecular formula is C11H9N3O5. The van der Waals surface area contributed by atoms with Gasteiger partial charge in [0.2, 0.25) is 0 Å². The summed E-state index contributed by atoms with van der Waals surface area (Å²) < 4.78 is 0. The third kappa shape index (κ3) is 4.04. The van der Waals surface area contributed by atoms with Gasteiger partial charge in [-0.2, -0.15) is 0 Å². The Morgan fingerprint density at radius 2 is 1.79 bits per heavy atom. The molecule has 1 aromatic carbocycles. The molecule has 0 aliphatic carbocycles. The summed E-state index contributed by atoms with van der Waals surface area (Å²) in [5.74, 6) is 0. The topological polar surface area (TPSA) is 115 Å². The third-order valence-corrected chi connectivity index (χ3v) is 2.02. The number of nitrogens with zero attached hydrogens (tertiary/aromatic N) is 2. The van der Waals surface area contributed by atoms with E-state index in [0.717, 1.165) is 12.1 Å². The predicted molar refractivity (Wildman–Crippen MR) is 67.7 cm³/mol. The molecule has 0 fully saturated rings. The van der Waals surface area contributed by atoms with Gasteiger partial charge in [-0.05, 0) is 18.2 Å². The molecule has 0 aliphatic rings. The molecule has 1 N–H and O–H groups in total. The number of carbonyl (C=O) groups excluding carboxylic acids is 1. The Morgan fingerprint density at radius 1 is 1.05 bits per heavy atom. The molecule has 8 nitrogen and oxygen atoms in total. The summed E-state index contributed by atoms with van der Waals surface area (Å²) in [5.41, 5.74) is -0.647. The molecular weight excluding hydrogens is 254 g/mol. The van der Waals surface area contributed by atoms with Crippen molar-refractivity contribution in [3.05, 3.63) is 62.9 Å². The highest BCUT2D eigenvalue weighted by Crippen LogP contribution is 2.28. The second kappa shape index (κ2) is 6.64. The fourth-order valence-electron chi connectivity index (χ4n) is 1.21. The first-order valence-corrected chi connectivity index (χ1v) is 5.02. The van der Waals surface area contributed by atoms with Gasteiger partial charge < -0.3 is 5.32 Å². The van der Waals surface area contributed by atoms with Crippen LogP contribution in [0, 0.1) is 20.2 Å². The summed E-state index contributed by atoms with van der Waals surface area (Å²) >= 11 is 0. The van der Waals surface area contributed by atoms with Crippen molar-refractivity contribution in [2.75, 3.05) is 5.32 Å². The van der Waals surface area contributed by atoms with Crippen LogP contribution in [-0.2, 0) is 4.79 Å². The molecule has 0 saturated carbocycles. The molecule has 0 amide bonds. The van der Waals surface area contributed by atoms with Crippen molar-refractivity contribution >= 4 is 23.3 Å². The second-order valence-electron chi connectivity index (χ2n) is 3.24. The van der Waals surface area contributed by atoms with Crippen molar-refractivity contribution in [1.82, 2.24) is 0 Å². The highest BCUT2D eigenvalue weighted by Gasteiger charge is 2.18. The molecule has 0 radical (unpaired) electrons. The number of non-ortho nitro benzene ring substituents is 1. The average molecular weight is 263 g/mol. The van der Waals surface area contributed by atoms with Crippen LogP contribution in [0.15, 0.2) is 42.6 Å². The molecule has 1 rings (SSSR count). The minimum absolute atomic E-state index is 0.117. The van der Waals surface area contributed by atoms with Crippen LogP contribution in [0.2, 0.25) is 0 Å². The molecule has 0 atom stereocenters. The van der Waals surface area contributed by atoms with Gasteiger partial charge in [-0.15, -0.1) is 0 Å². The summed E-state index contributed by atoms with van der Waals surface area (Å²) in [6, 6.07) is 3.27. The highest BCUT2D eigenvalue weighted by atomic mass is 16.6. The van der Waals surface area contributed by atoms with Crippen LogP contribution in [-0.4, -0.2) is 16.1 Å². The minimum atomic E-state index is -0.718. The zero-order valence-corrected chi connectivity index (χ0v) is 9.55. The SMILES string of the molecule is O=C/C=C/C=C\Nc1ccc([N+](=O)[O-])cc1[N+](=O)[O-]. The van der Waals surface area contributed by atoms with Crippen LogP contribution in [0.4, 0.5) is 17.1 Å². The van der Waals surface area contributed by atoms with Crippen molar-refractivity contribution in [1.29, 1.82) is 0 Å². The van der Waals surface area contributed by atoms with E-state index in [1.54, 1.807) is 0 Å². The van der Waals surface area contributed by atoms with Gasteiger partial charge >= 0.3 is 0 Å². The van der Waals surface area contributed by atoms with Crippen LogP contribution < -0.4 is 5.32 Å². The van der Waals surface area contributed by atoms with Crippen molar-refractivity contribution in [2.45, 2.75) is 0 Å². The van der Waals surface area contributed by atoms with E-state index in [1.807, 2.05) is 0 Å². The maximum Gasteiger partial charge on any atom is 0.299 e. The van der Waals surface area contributed by atoms with E-state index in [1.165, 1.54) is 30.5 Å². The lowest BCUT2D eigenvalue weighted by molar-refractivity contribution is -0.393. The molecule has 1 aromatic rings. The molecule has 0 heterocycles. The van der Waals surface area contributed by atoms with Crippen LogP contribution >= 0.6 is 0 Å². The Hall–Kier alpha value is -3.03. The zero-order chi connectivity index (χ0) is 14.3. The quantitative estimate of drug-likeness (QED) is 0.276. The van der Waals surface area contributed by atoms with Gasteiger partial charge in [0.25, 0.3) is 11.4 Å². The van der Waals surface area contributed by atoms with Crippen LogP contribution in [0.1, 0.15) is 0 Å². The molecule has 98 valence electrons. The van der Waals surface area contributed by atoms with Gasteiger partial charge in [0.1, 0.15) is 12.0 Å². The largest absolute Gasteiger partial charge is 0.356 e. The number of benzene rings is 1. The molecule has 8 heteroatoms. The summed E-state index contributed by atoms with van der Waals surface area (Å²) in [5, 5.41) is 23.9. The fourth-order valence-corrected chi connectivity index (χ4v) is 1.21. The Balaban J connectivity index is 2.97. The Kier molecular flexibility index (Phi) is 4.91. The first-order valence-electron chi connectivity index (χ1n) is 5.02. The Labute approximate surface area is 107 Å². The maximum absolute atomic E-state index is 10.8. The van der Waals surface area contributed by atoms with Gasteiger partial charge in [0.15, 0.2) is 0 Å². The van der Waals surface area contributed by atoms with E-state index < -0.39 is 15.5 Å². The smallest absolute Gasteiger partial charge is 0.299 e. The van der Waals surface area contributed by atoms with Crippen molar-refractivity contribution in [2.24, 2.45) is 0 Å². The van der Waals surface area contributed by atoms with E-state index in [4.69, 9.17) is 0 Å². The van der Waals surface area contributed by atoms with Gasteiger partial charge in [0, 0.05) is 12.3 Å². The van der Waals surface area contributed by atoms with E-state index in [0.29, 0.717) is 6.29 Å². The predicted octanol–water partition coefficient (Wildman–Crippen LogP) is 2.18. The number of carbonyl (C=O) groups is 1. The number of hydrogen-bond acceptors (Lipinski definition) is 6. The van der Waals surface area contributed by atoms with Crippen LogP contribution in [0.3, 0.4) is 0 Å². The van der Waals surface area contributed by atoms with Crippen molar-refractivity contribution < 1.29 is 14.6 Å². The molecule has 0 unspecified atom stereocenters. The van der Waals surface area contributed by atoms with E-state index >= 15 is 0 Å². The van der Waals surface area contributed by atoms with E-state index in [9.17, 15) is 25.0 Å². The number of aldehydes is 1. The number of nitrogens with one attached hydrogen (secondary N) is 1. The standard InChI is InChI=1S/C11H9N3O5/c15-7-3-1-2-6-12-10-5-4-9(13(16)17)8-11(10)14(18)19/h1-8,12H/b3-1+,6-2-. The van der Waals surface area contributed by atoms with Crippen LogP contribution in [0.25, 0.3) is 0 Å². The number of rotatable bonds is 6. The van der Waals surface area contributed by atoms with E-state index in [-0.39, 0.29) is 11.4 Å². The lowest BCUT2D eigenvalue weighted by Crippen LogP contribution is -1.97. The second-order valence-corrected chi connectivity index (χ2v) is 3.24. The number of anilines is 1. The van der Waals surface area contributed by atoms with E-state index in [2.05, 4.69) is 5.32 Å². The maximum atomic E-state index is 10.8. The summed E-state index contributed by atoms with van der Waals surface area (Å²) in [4.78, 5) is 29.9. The summed E-state index contributed by atoms with van der Waals surface area (Å²) in [6.45, 7) is 0. The summed E-state index contributed by atoms with van der Waals surface area (Å²) in [7, 11) is 0. The number of nitro groups is 2. The molecule has 0 aromatic heterocycles. The normalized spacial score (nSPS) is 10.7. The average Bonchev–Trinajstić information content (AvgIpc) is 2.38. The molecule has 0 saturated heterocycles. The first kappa shape index (κ1) is 14.0. The van der Waals surface area contributed by atoms with Crippen molar-refractivity contribution in [3.8, 4) is 0 Å². The first-order chi connectivity index (χ1) is 9.06. The molecule has 19 heavy (non-hydrogen) atoms. The van der Waals surface area contributed by atoms with Gasteiger partial charge in [-0.3, -0.25) is 25.0 Å². The minimum Gasteiger partial charge on any atom is -0.356 e. The zero-order valence-electron chi connectivity index (χ0n) is 9.55. The summed E-state index contributed by atoms with van der Waals surface area (Å²) in [6.07, 6.45) is 6.08. The number of allylic oxidation sites excluding steroid dienone is 3. The van der Waals surface area contributed by atoms with Gasteiger partial charge in [-0.1, -0.05) is 6.08 Å². The number of nitro benzene ring substituents is 2. The van der Waals surface area contributed by atoms with Gasteiger partial charge in [-0.25, -0.2) is 0 Å². The monoisotopic (exact) mass is 263 g/mol. The van der Waals surface area contributed by atoms with Crippen LogP contribution in [0.5, 0.6) is 0 Å². The Bertz CT molecular complexity index is 565. The molecule has 0 bridgehead atoms. The number of hydrogen-bond donors (Lipinski definition) is 1. The van der Waals surface area contributed by atoms with Gasteiger partial charge in [0.05, 0.1) is 15.9 Å². The molecule has 0 spiro atoms. The fraction of sp³-hybridized carbons (Fsp3) is 0. The lowest BCUT2D eigenvalue weighted by Gasteiger charge is -2.01. The highest BCUT2D eigenvalue weighted by molar-refractivity contribution is 5.67. The lowest BCUT2D eigenvalue weighted by atomic mass is 10.2. The third-order valence-electron chi connectivity index (χ3n) is 2.02. The van der Waals surface area contributed by atoms with Crippen molar-refractivity contribution in [3.63, 3.8) is 0 Å².